The van der Waals surface area contributed by atoms with E-state index in [-0.39, 0.29) is 18.5 Å². The first-order valence-corrected chi connectivity index (χ1v) is 29.4. The van der Waals surface area contributed by atoms with Gasteiger partial charge >= 0.3 is 5.97 Å². The Bertz CT molecular complexity index is 1130. The van der Waals surface area contributed by atoms with Gasteiger partial charge in [0.05, 0.1) is 25.4 Å². The van der Waals surface area contributed by atoms with Gasteiger partial charge in [0, 0.05) is 12.8 Å². The Labute approximate surface area is 416 Å². The molecule has 0 bridgehead atoms. The summed E-state index contributed by atoms with van der Waals surface area (Å²) in [4.78, 5) is 24.5. The van der Waals surface area contributed by atoms with Crippen LogP contribution in [0.2, 0.25) is 0 Å². The summed E-state index contributed by atoms with van der Waals surface area (Å²) < 4.78 is 5.46. The van der Waals surface area contributed by atoms with Gasteiger partial charge in [-0.15, -0.1) is 0 Å². The van der Waals surface area contributed by atoms with E-state index < -0.39 is 12.1 Å². The van der Waals surface area contributed by atoms with Crippen molar-refractivity contribution >= 4 is 11.9 Å². The first-order valence-electron chi connectivity index (χ1n) is 29.4. The zero-order valence-corrected chi connectivity index (χ0v) is 44.6. The number of aliphatic hydroxyl groups excluding tert-OH is 2. The van der Waals surface area contributed by atoms with E-state index in [1.54, 1.807) is 0 Å². The highest BCUT2D eigenvalue weighted by atomic mass is 16.5. The highest BCUT2D eigenvalue weighted by Gasteiger charge is 2.20. The molecule has 0 saturated heterocycles. The minimum absolute atomic E-state index is 0.0214. The lowest BCUT2D eigenvalue weighted by Gasteiger charge is -2.22. The number of rotatable bonds is 54. The van der Waals surface area contributed by atoms with Gasteiger partial charge in [0.25, 0.3) is 0 Å². The molecule has 0 fully saturated rings. The predicted molar refractivity (Wildman–Crippen MR) is 292 cm³/mol. The number of carbonyl (C=O) groups is 2. The van der Waals surface area contributed by atoms with Gasteiger partial charge in [0.2, 0.25) is 5.91 Å². The second-order valence-electron chi connectivity index (χ2n) is 20.0. The number of aliphatic hydroxyl groups is 2. The topological polar surface area (TPSA) is 95.9 Å². The van der Waals surface area contributed by atoms with Crippen molar-refractivity contribution in [1.29, 1.82) is 0 Å². The van der Waals surface area contributed by atoms with Crippen molar-refractivity contribution < 1.29 is 24.5 Å². The molecule has 6 nitrogen and oxygen atoms in total. The largest absolute Gasteiger partial charge is 0.466 e. The Morgan fingerprint density at radius 3 is 1.25 bits per heavy atom. The Hall–Kier alpha value is -2.18. The number of ether oxygens (including phenoxy) is 1. The SMILES string of the molecule is CCCCC/C=C\C/C=C\CCCCCCCCCC(=O)OCCCCC/C=C\C=C/CCCCCCCCCCCCC(=O)NC(CO)C(O)CCCCCCCCCCCCCCCC. The zero-order chi connectivity index (χ0) is 48.6. The van der Waals surface area contributed by atoms with Crippen LogP contribution in [0.1, 0.15) is 303 Å². The number of esters is 1. The fraction of sp³-hybridized carbons (Fsp3) is 0.836. The van der Waals surface area contributed by atoms with Crippen LogP contribution in [0.5, 0.6) is 0 Å². The van der Waals surface area contributed by atoms with E-state index in [0.717, 1.165) is 77.0 Å². The predicted octanol–water partition coefficient (Wildman–Crippen LogP) is 18.2. The molecule has 3 N–H and O–H groups in total. The molecule has 0 aliphatic heterocycles. The van der Waals surface area contributed by atoms with Crippen molar-refractivity contribution in [3.8, 4) is 0 Å². The maximum atomic E-state index is 12.5. The van der Waals surface area contributed by atoms with Gasteiger partial charge in [-0.05, 0) is 89.9 Å². The Balaban J connectivity index is 3.48. The van der Waals surface area contributed by atoms with Crippen LogP contribution in [-0.2, 0) is 14.3 Å². The van der Waals surface area contributed by atoms with Crippen molar-refractivity contribution in [2.45, 2.75) is 315 Å². The summed E-state index contributed by atoms with van der Waals surface area (Å²) in [6.07, 6.45) is 71.0. The van der Waals surface area contributed by atoms with E-state index in [4.69, 9.17) is 4.74 Å². The van der Waals surface area contributed by atoms with Crippen LogP contribution in [0.4, 0.5) is 0 Å². The number of carbonyl (C=O) groups excluding carboxylic acids is 2. The van der Waals surface area contributed by atoms with Gasteiger partial charge < -0.3 is 20.3 Å². The second-order valence-corrected chi connectivity index (χ2v) is 20.0. The highest BCUT2D eigenvalue weighted by Crippen LogP contribution is 2.16. The molecule has 1 amide bonds. The molecular formula is C61H113NO5. The van der Waals surface area contributed by atoms with Gasteiger partial charge in [0.1, 0.15) is 0 Å². The summed E-state index contributed by atoms with van der Waals surface area (Å²) in [6.45, 7) is 4.88. The van der Waals surface area contributed by atoms with Gasteiger partial charge in [-0.25, -0.2) is 0 Å². The van der Waals surface area contributed by atoms with E-state index >= 15 is 0 Å². The first kappa shape index (κ1) is 64.8. The van der Waals surface area contributed by atoms with Crippen LogP contribution in [0, 0.1) is 0 Å². The summed E-state index contributed by atoms with van der Waals surface area (Å²) in [5, 5.41) is 23.2. The summed E-state index contributed by atoms with van der Waals surface area (Å²) in [5.74, 6) is -0.0665. The normalized spacial score (nSPS) is 13.0. The maximum absolute atomic E-state index is 12.5. The van der Waals surface area contributed by atoms with Crippen molar-refractivity contribution in [1.82, 2.24) is 5.32 Å². The molecule has 0 aromatic heterocycles. The number of unbranched alkanes of at least 4 members (excludes halogenated alkanes) is 36. The quantitative estimate of drug-likeness (QED) is 0.0244. The number of hydrogen-bond acceptors (Lipinski definition) is 5. The molecule has 0 aromatic rings. The third-order valence-electron chi connectivity index (χ3n) is 13.4. The number of nitrogens with one attached hydrogen (secondary N) is 1. The molecule has 0 aliphatic rings. The van der Waals surface area contributed by atoms with Crippen LogP contribution in [0.25, 0.3) is 0 Å². The van der Waals surface area contributed by atoms with Crippen LogP contribution >= 0.6 is 0 Å². The standard InChI is InChI=1S/C61H113NO5/c1-3-5-7-9-11-13-15-17-19-23-27-31-35-39-43-47-51-55-61(66)67-56-52-48-44-40-36-32-28-25-22-20-21-24-26-30-34-38-42-46-50-54-60(65)62-58(57-63)59(64)53-49-45-41-37-33-29-18-16-14-12-10-8-6-4-2/h11,13,17,19,25,28,32,36,58-59,63-64H,3-10,12,14-16,18,20-24,26-27,29-31,33-35,37-57H2,1-2H3,(H,62,65)/b13-11-,19-17-,28-25-,36-32-. The highest BCUT2D eigenvalue weighted by molar-refractivity contribution is 5.76. The van der Waals surface area contributed by atoms with E-state index in [1.807, 2.05) is 0 Å². The third-order valence-corrected chi connectivity index (χ3v) is 13.4. The molecule has 392 valence electrons. The third kappa shape index (κ3) is 53.0. The average molecular weight is 941 g/mol. The lowest BCUT2D eigenvalue weighted by atomic mass is 10.0. The molecule has 0 spiro atoms. The van der Waals surface area contributed by atoms with Crippen LogP contribution in [0.3, 0.4) is 0 Å². The molecule has 0 saturated carbocycles. The number of amides is 1. The summed E-state index contributed by atoms with van der Waals surface area (Å²) in [5.41, 5.74) is 0. The minimum Gasteiger partial charge on any atom is -0.466 e. The molecule has 2 unspecified atom stereocenters. The van der Waals surface area contributed by atoms with E-state index in [0.29, 0.717) is 25.9 Å². The molecule has 0 aliphatic carbocycles. The summed E-state index contributed by atoms with van der Waals surface area (Å²) in [7, 11) is 0. The molecule has 0 rings (SSSR count). The zero-order valence-electron chi connectivity index (χ0n) is 44.6. The van der Waals surface area contributed by atoms with E-state index in [9.17, 15) is 19.8 Å². The molecule has 67 heavy (non-hydrogen) atoms. The molecular weight excluding hydrogens is 827 g/mol. The van der Waals surface area contributed by atoms with Gasteiger partial charge in [-0.3, -0.25) is 9.59 Å². The van der Waals surface area contributed by atoms with Gasteiger partial charge in [0.15, 0.2) is 0 Å². The lowest BCUT2D eigenvalue weighted by Crippen LogP contribution is -2.45. The number of hydrogen-bond donors (Lipinski definition) is 3. The Morgan fingerprint density at radius 2 is 0.791 bits per heavy atom. The van der Waals surface area contributed by atoms with Gasteiger partial charge in [-0.1, -0.05) is 249 Å². The first-order chi connectivity index (χ1) is 33.0. The lowest BCUT2D eigenvalue weighted by molar-refractivity contribution is -0.143. The molecule has 0 heterocycles. The van der Waals surface area contributed by atoms with Crippen LogP contribution in [-0.4, -0.2) is 47.4 Å². The smallest absolute Gasteiger partial charge is 0.305 e. The van der Waals surface area contributed by atoms with Crippen LogP contribution in [0.15, 0.2) is 48.6 Å². The summed E-state index contributed by atoms with van der Waals surface area (Å²) in [6, 6.07) is -0.550. The molecule has 0 aromatic carbocycles. The Kier molecular flexibility index (Phi) is 54.6. The van der Waals surface area contributed by atoms with Crippen molar-refractivity contribution in [2.75, 3.05) is 13.2 Å². The van der Waals surface area contributed by atoms with E-state index in [2.05, 4.69) is 67.8 Å². The minimum atomic E-state index is -0.672. The van der Waals surface area contributed by atoms with Crippen molar-refractivity contribution in [2.24, 2.45) is 0 Å². The monoisotopic (exact) mass is 940 g/mol. The van der Waals surface area contributed by atoms with Crippen LogP contribution < -0.4 is 5.32 Å². The fourth-order valence-corrected chi connectivity index (χ4v) is 8.84. The molecule has 0 radical (unpaired) electrons. The maximum Gasteiger partial charge on any atom is 0.305 e. The van der Waals surface area contributed by atoms with Crippen molar-refractivity contribution in [3.63, 3.8) is 0 Å². The average Bonchev–Trinajstić information content (AvgIpc) is 3.33. The number of allylic oxidation sites excluding steroid dienone is 8. The summed E-state index contributed by atoms with van der Waals surface area (Å²) >= 11 is 0. The molecule has 6 heteroatoms. The fourth-order valence-electron chi connectivity index (χ4n) is 8.84. The van der Waals surface area contributed by atoms with E-state index in [1.165, 1.54) is 193 Å². The van der Waals surface area contributed by atoms with Crippen molar-refractivity contribution in [3.05, 3.63) is 48.6 Å². The van der Waals surface area contributed by atoms with Gasteiger partial charge in [-0.2, -0.15) is 0 Å². The Morgan fingerprint density at radius 1 is 0.433 bits per heavy atom. The second kappa shape index (κ2) is 56.4. The molecule has 2 atom stereocenters.